The van der Waals surface area contributed by atoms with Crippen LogP contribution in [0.3, 0.4) is 0 Å². The number of methoxy groups -OCH3 is 1. The van der Waals surface area contributed by atoms with Crippen LogP contribution in [0.1, 0.15) is 12.8 Å². The normalized spacial score (nSPS) is 14.6. The van der Waals surface area contributed by atoms with Gasteiger partial charge in [0.05, 0.1) is 18.2 Å². The number of benzene rings is 2. The lowest BCUT2D eigenvalue weighted by molar-refractivity contribution is -0.122. The van der Waals surface area contributed by atoms with Crippen LogP contribution in [0.2, 0.25) is 0 Å². The van der Waals surface area contributed by atoms with E-state index in [0.717, 1.165) is 65.3 Å². The minimum absolute atomic E-state index is 0.0738. The summed E-state index contributed by atoms with van der Waals surface area (Å²) in [6, 6.07) is 18.2. The van der Waals surface area contributed by atoms with Crippen molar-refractivity contribution in [1.82, 2.24) is 14.5 Å². The van der Waals surface area contributed by atoms with Gasteiger partial charge in [0.25, 0.3) is 0 Å². The zero-order valence-corrected chi connectivity index (χ0v) is 17.9. The molecule has 4 aromatic rings. The molecule has 0 spiro atoms. The van der Waals surface area contributed by atoms with Gasteiger partial charge in [0, 0.05) is 30.8 Å². The second kappa shape index (κ2) is 8.34. The van der Waals surface area contributed by atoms with E-state index in [1.165, 1.54) is 0 Å². The molecule has 2 aromatic heterocycles. The molecular formula is C25H25N5O2. The highest BCUT2D eigenvalue weighted by atomic mass is 16.5. The Morgan fingerprint density at radius 3 is 2.47 bits per heavy atom. The van der Waals surface area contributed by atoms with E-state index in [4.69, 9.17) is 15.5 Å². The molecule has 1 amide bonds. The number of fused-ring (bicyclic) bond motifs is 1. The molecule has 162 valence electrons. The van der Waals surface area contributed by atoms with Gasteiger partial charge >= 0.3 is 0 Å². The summed E-state index contributed by atoms with van der Waals surface area (Å²) < 4.78 is 7.69. The van der Waals surface area contributed by atoms with Crippen LogP contribution in [-0.4, -0.2) is 40.6 Å². The second-order valence-corrected chi connectivity index (χ2v) is 8.01. The number of carbonyl (C=O) groups is 1. The van der Waals surface area contributed by atoms with Gasteiger partial charge in [-0.25, -0.2) is 9.97 Å². The maximum absolute atomic E-state index is 11.6. The van der Waals surface area contributed by atoms with Crippen LogP contribution in [0.4, 0.5) is 5.82 Å². The molecule has 0 bridgehead atoms. The number of hydrogen-bond donors (Lipinski definition) is 1. The van der Waals surface area contributed by atoms with Crippen molar-refractivity contribution in [2.45, 2.75) is 12.8 Å². The highest BCUT2D eigenvalue weighted by Gasteiger charge is 2.27. The van der Waals surface area contributed by atoms with E-state index < -0.39 is 0 Å². The molecule has 0 radical (unpaired) electrons. The quantitative estimate of drug-likeness (QED) is 0.524. The average Bonchev–Trinajstić information content (AvgIpc) is 3.24. The lowest BCUT2D eigenvalue weighted by atomic mass is 9.96. The van der Waals surface area contributed by atoms with Crippen LogP contribution in [-0.2, 0) is 4.79 Å². The topological polar surface area (TPSA) is 86.3 Å². The van der Waals surface area contributed by atoms with Crippen molar-refractivity contribution in [3.8, 4) is 22.6 Å². The maximum atomic E-state index is 11.6. The number of rotatable bonds is 5. The Bertz CT molecular complexity index is 1260. The van der Waals surface area contributed by atoms with Gasteiger partial charge < -0.3 is 15.4 Å². The molecule has 7 heteroatoms. The first kappa shape index (κ1) is 20.1. The van der Waals surface area contributed by atoms with E-state index in [9.17, 15) is 4.79 Å². The summed E-state index contributed by atoms with van der Waals surface area (Å²) in [6.07, 6.45) is 5.17. The first-order valence-corrected chi connectivity index (χ1v) is 10.8. The molecule has 1 aliphatic heterocycles. The van der Waals surface area contributed by atoms with Crippen LogP contribution in [0.15, 0.2) is 67.1 Å². The number of piperidine rings is 1. The average molecular weight is 428 g/mol. The highest BCUT2D eigenvalue weighted by Crippen LogP contribution is 2.39. The Balaban J connectivity index is 1.70. The number of primary amides is 1. The van der Waals surface area contributed by atoms with E-state index >= 15 is 0 Å². The molecular weight excluding hydrogens is 402 g/mol. The molecule has 1 fully saturated rings. The number of nitrogens with zero attached hydrogens (tertiary/aromatic N) is 4. The molecule has 3 heterocycles. The number of aromatic nitrogens is 3. The second-order valence-electron chi connectivity index (χ2n) is 8.01. The molecule has 32 heavy (non-hydrogen) atoms. The Labute approximate surface area is 186 Å². The van der Waals surface area contributed by atoms with Crippen LogP contribution in [0.25, 0.3) is 27.8 Å². The Hall–Kier alpha value is -3.87. The SMILES string of the molecule is COc1ccccc1-n1cc(-c2ccccc2)c2c(N3CCC(C(N)=O)CC3)ncnc21. The summed E-state index contributed by atoms with van der Waals surface area (Å²) in [7, 11) is 1.67. The number of carbonyl (C=O) groups excluding carboxylic acids is 1. The zero-order valence-electron chi connectivity index (χ0n) is 17.9. The van der Waals surface area contributed by atoms with Gasteiger partial charge in [-0.15, -0.1) is 0 Å². The lowest BCUT2D eigenvalue weighted by Crippen LogP contribution is -2.39. The monoisotopic (exact) mass is 427 g/mol. The minimum Gasteiger partial charge on any atom is -0.495 e. The van der Waals surface area contributed by atoms with Gasteiger partial charge in [0.1, 0.15) is 17.9 Å². The fourth-order valence-corrected chi connectivity index (χ4v) is 4.51. The summed E-state index contributed by atoms with van der Waals surface area (Å²) >= 11 is 0. The Kier molecular flexibility index (Phi) is 5.23. The zero-order chi connectivity index (χ0) is 22.1. The number of para-hydroxylation sites is 2. The molecule has 0 unspecified atom stereocenters. The molecule has 2 aromatic carbocycles. The van der Waals surface area contributed by atoms with Gasteiger partial charge in [0.15, 0.2) is 5.65 Å². The first-order valence-electron chi connectivity index (χ1n) is 10.8. The number of nitrogens with two attached hydrogens (primary N) is 1. The van der Waals surface area contributed by atoms with Crippen LogP contribution in [0, 0.1) is 5.92 Å². The van der Waals surface area contributed by atoms with Crippen molar-refractivity contribution in [2.75, 3.05) is 25.1 Å². The van der Waals surface area contributed by atoms with Crippen molar-refractivity contribution in [3.05, 3.63) is 67.1 Å². The molecule has 7 nitrogen and oxygen atoms in total. The number of anilines is 1. The molecule has 5 rings (SSSR count). The molecule has 0 saturated carbocycles. The van der Waals surface area contributed by atoms with E-state index in [-0.39, 0.29) is 11.8 Å². The predicted octanol–water partition coefficient (Wildman–Crippen LogP) is 3.80. The van der Waals surface area contributed by atoms with Crippen molar-refractivity contribution >= 4 is 22.8 Å². The molecule has 0 atom stereocenters. The van der Waals surface area contributed by atoms with Gasteiger partial charge in [-0.05, 0) is 30.5 Å². The van der Waals surface area contributed by atoms with Gasteiger partial charge in [-0.3, -0.25) is 9.36 Å². The summed E-state index contributed by atoms with van der Waals surface area (Å²) in [6.45, 7) is 1.46. The number of ether oxygens (including phenoxy) is 1. The third kappa shape index (κ3) is 3.45. The molecule has 2 N–H and O–H groups in total. The minimum atomic E-state index is -0.218. The van der Waals surface area contributed by atoms with Gasteiger partial charge in [-0.2, -0.15) is 0 Å². The fraction of sp³-hybridized carbons (Fsp3) is 0.240. The van der Waals surface area contributed by atoms with E-state index in [1.54, 1.807) is 13.4 Å². The van der Waals surface area contributed by atoms with Crippen LogP contribution in [0.5, 0.6) is 5.75 Å². The summed E-state index contributed by atoms with van der Waals surface area (Å²) in [5.74, 6) is 1.36. The lowest BCUT2D eigenvalue weighted by Gasteiger charge is -2.31. The van der Waals surface area contributed by atoms with Crippen molar-refractivity contribution in [3.63, 3.8) is 0 Å². The highest BCUT2D eigenvalue weighted by molar-refractivity contribution is 6.02. The van der Waals surface area contributed by atoms with E-state index in [1.807, 2.05) is 42.5 Å². The summed E-state index contributed by atoms with van der Waals surface area (Å²) in [5.41, 5.74) is 9.42. The van der Waals surface area contributed by atoms with Crippen molar-refractivity contribution in [2.24, 2.45) is 11.7 Å². The first-order chi connectivity index (χ1) is 15.7. The molecule has 1 aliphatic rings. The molecule has 1 saturated heterocycles. The predicted molar refractivity (Wildman–Crippen MR) is 125 cm³/mol. The van der Waals surface area contributed by atoms with E-state index in [0.29, 0.717) is 0 Å². The summed E-state index contributed by atoms with van der Waals surface area (Å²) in [4.78, 5) is 23.2. The van der Waals surface area contributed by atoms with Crippen LogP contribution < -0.4 is 15.4 Å². The van der Waals surface area contributed by atoms with Gasteiger partial charge in [-0.1, -0.05) is 42.5 Å². The van der Waals surface area contributed by atoms with Crippen molar-refractivity contribution < 1.29 is 9.53 Å². The third-order valence-corrected chi connectivity index (χ3v) is 6.19. The Morgan fingerprint density at radius 2 is 1.75 bits per heavy atom. The standard InChI is InChI=1S/C25H25N5O2/c1-32-21-10-6-5-9-20(21)30-15-19(17-7-3-2-4-8-17)22-24(27-16-28-25(22)30)29-13-11-18(12-14-29)23(26)31/h2-10,15-16,18H,11-14H2,1H3,(H2,26,31). The fourth-order valence-electron chi connectivity index (χ4n) is 4.51. The molecule has 0 aliphatic carbocycles. The largest absolute Gasteiger partial charge is 0.495 e. The maximum Gasteiger partial charge on any atom is 0.220 e. The smallest absolute Gasteiger partial charge is 0.220 e. The number of amides is 1. The van der Waals surface area contributed by atoms with E-state index in [2.05, 4.69) is 32.8 Å². The Morgan fingerprint density at radius 1 is 1.03 bits per heavy atom. The van der Waals surface area contributed by atoms with Crippen LogP contribution >= 0.6 is 0 Å². The summed E-state index contributed by atoms with van der Waals surface area (Å²) in [5, 5.41) is 0.988. The number of hydrogen-bond acceptors (Lipinski definition) is 5. The van der Waals surface area contributed by atoms with Crippen molar-refractivity contribution in [1.29, 1.82) is 0 Å². The van der Waals surface area contributed by atoms with Gasteiger partial charge in [0.2, 0.25) is 5.91 Å². The third-order valence-electron chi connectivity index (χ3n) is 6.19.